The van der Waals surface area contributed by atoms with Gasteiger partial charge in [0.2, 0.25) is 11.8 Å². The zero-order chi connectivity index (χ0) is 13.8. The molecule has 0 aromatic heterocycles. The molecule has 4 heteroatoms. The third-order valence-electron chi connectivity index (χ3n) is 3.06. The van der Waals surface area contributed by atoms with Crippen LogP contribution in [0.5, 0.6) is 0 Å². The Hall–Kier alpha value is -2.12. The van der Waals surface area contributed by atoms with Crippen molar-refractivity contribution < 1.29 is 14.7 Å². The maximum absolute atomic E-state index is 11.8. The Balaban J connectivity index is 2.41. The van der Waals surface area contributed by atoms with Gasteiger partial charge in [0.15, 0.2) is 0 Å². The lowest BCUT2D eigenvalue weighted by Crippen LogP contribution is -2.29. The summed E-state index contributed by atoms with van der Waals surface area (Å²) in [5.74, 6) is 5.11. The summed E-state index contributed by atoms with van der Waals surface area (Å²) in [5, 5.41) is 8.68. The average molecular weight is 257 g/mol. The van der Waals surface area contributed by atoms with Crippen LogP contribution in [0.25, 0.3) is 0 Å². The van der Waals surface area contributed by atoms with E-state index in [4.69, 9.17) is 5.11 Å². The molecule has 2 amide bonds. The Morgan fingerprint density at radius 1 is 1.26 bits per heavy atom. The first-order valence-electron chi connectivity index (χ1n) is 6.25. The van der Waals surface area contributed by atoms with E-state index in [-0.39, 0.29) is 31.3 Å². The molecule has 1 aromatic carbocycles. The van der Waals surface area contributed by atoms with Gasteiger partial charge < -0.3 is 5.11 Å². The van der Waals surface area contributed by atoms with E-state index in [2.05, 4.69) is 11.8 Å². The van der Waals surface area contributed by atoms with E-state index in [0.29, 0.717) is 12.1 Å². The number of aliphatic hydroxyl groups is 1. The van der Waals surface area contributed by atoms with E-state index >= 15 is 0 Å². The minimum atomic E-state index is -0.188. The molecule has 19 heavy (non-hydrogen) atoms. The molecule has 1 aromatic rings. The summed E-state index contributed by atoms with van der Waals surface area (Å²) in [6, 6.07) is 5.37. The summed E-state index contributed by atoms with van der Waals surface area (Å²) in [6.07, 6.45) is 1.28. The monoisotopic (exact) mass is 257 g/mol. The molecule has 1 heterocycles. The van der Waals surface area contributed by atoms with Crippen LogP contribution in [-0.2, 0) is 16.0 Å². The topological polar surface area (TPSA) is 57.6 Å². The van der Waals surface area contributed by atoms with E-state index in [0.717, 1.165) is 11.1 Å². The molecule has 1 fully saturated rings. The van der Waals surface area contributed by atoms with Gasteiger partial charge in [-0.2, -0.15) is 0 Å². The highest BCUT2D eigenvalue weighted by Gasteiger charge is 2.31. The van der Waals surface area contributed by atoms with Crippen molar-refractivity contribution in [3.05, 3.63) is 29.3 Å². The fourth-order valence-corrected chi connectivity index (χ4v) is 2.15. The maximum Gasteiger partial charge on any atom is 0.234 e. The molecular weight excluding hydrogens is 242 g/mol. The third kappa shape index (κ3) is 2.67. The highest BCUT2D eigenvalue weighted by molar-refractivity contribution is 6.20. The summed E-state index contributed by atoms with van der Waals surface area (Å²) >= 11 is 0. The van der Waals surface area contributed by atoms with Crippen molar-refractivity contribution in [3.8, 4) is 11.8 Å². The fourth-order valence-electron chi connectivity index (χ4n) is 2.15. The van der Waals surface area contributed by atoms with E-state index in [1.54, 1.807) is 12.1 Å². The Morgan fingerprint density at radius 3 is 2.53 bits per heavy atom. The molecule has 1 aliphatic heterocycles. The number of hydrogen-bond acceptors (Lipinski definition) is 3. The van der Waals surface area contributed by atoms with Crippen LogP contribution in [0.4, 0.5) is 5.69 Å². The normalized spacial score (nSPS) is 14.5. The van der Waals surface area contributed by atoms with Gasteiger partial charge in [-0.05, 0) is 30.2 Å². The van der Waals surface area contributed by atoms with Crippen molar-refractivity contribution in [3.63, 3.8) is 0 Å². The summed E-state index contributed by atoms with van der Waals surface area (Å²) in [4.78, 5) is 24.8. The van der Waals surface area contributed by atoms with Crippen LogP contribution in [0, 0.1) is 11.8 Å². The number of amides is 2. The number of anilines is 1. The van der Waals surface area contributed by atoms with Gasteiger partial charge >= 0.3 is 0 Å². The molecule has 4 nitrogen and oxygen atoms in total. The standard InChI is InChI=1S/C15H15NO3/c1-2-12-10-11(4-3-9-17)5-6-13(12)16-14(18)7-8-15(16)19/h5-6,10,17H,2,7-9H2,1H3. The van der Waals surface area contributed by atoms with Gasteiger partial charge in [0.05, 0.1) is 5.69 Å². The van der Waals surface area contributed by atoms with Gasteiger partial charge in [0.1, 0.15) is 6.61 Å². The highest BCUT2D eigenvalue weighted by atomic mass is 16.2. The number of aryl methyl sites for hydroxylation is 1. The minimum absolute atomic E-state index is 0.145. The third-order valence-corrected chi connectivity index (χ3v) is 3.06. The predicted molar refractivity (Wildman–Crippen MR) is 71.5 cm³/mol. The van der Waals surface area contributed by atoms with Gasteiger partial charge in [-0.1, -0.05) is 18.8 Å². The molecule has 0 spiro atoms. The lowest BCUT2D eigenvalue weighted by atomic mass is 10.1. The molecular formula is C15H15NO3. The van der Waals surface area contributed by atoms with Crippen LogP contribution in [0.15, 0.2) is 18.2 Å². The Bertz CT molecular complexity index is 565. The number of nitrogens with zero attached hydrogens (tertiary/aromatic N) is 1. The van der Waals surface area contributed by atoms with Crippen LogP contribution >= 0.6 is 0 Å². The molecule has 2 rings (SSSR count). The second kappa shape index (κ2) is 5.68. The SMILES string of the molecule is CCc1cc(C#CCO)ccc1N1C(=O)CCC1=O. The Kier molecular flexibility index (Phi) is 3.98. The number of carbonyl (C=O) groups excluding carboxylic acids is 2. The van der Waals surface area contributed by atoms with Crippen molar-refractivity contribution >= 4 is 17.5 Å². The summed E-state index contributed by atoms with van der Waals surface area (Å²) in [5.41, 5.74) is 2.34. The average Bonchev–Trinajstić information content (AvgIpc) is 2.75. The fraction of sp³-hybridized carbons (Fsp3) is 0.333. The van der Waals surface area contributed by atoms with E-state index in [1.165, 1.54) is 4.90 Å². The van der Waals surface area contributed by atoms with Crippen LogP contribution in [-0.4, -0.2) is 23.5 Å². The van der Waals surface area contributed by atoms with Gasteiger partial charge in [-0.15, -0.1) is 0 Å². The van der Waals surface area contributed by atoms with Crippen molar-refractivity contribution in [2.24, 2.45) is 0 Å². The lowest BCUT2D eigenvalue weighted by molar-refractivity contribution is -0.121. The van der Waals surface area contributed by atoms with Gasteiger partial charge in [0.25, 0.3) is 0 Å². The summed E-state index contributed by atoms with van der Waals surface area (Å²) < 4.78 is 0. The number of rotatable bonds is 2. The largest absolute Gasteiger partial charge is 0.384 e. The number of aliphatic hydroxyl groups excluding tert-OH is 1. The first kappa shape index (κ1) is 13.3. The van der Waals surface area contributed by atoms with Crippen molar-refractivity contribution in [1.29, 1.82) is 0 Å². The molecule has 0 radical (unpaired) electrons. The Labute approximate surface area is 112 Å². The number of carbonyl (C=O) groups is 2. The van der Waals surface area contributed by atoms with Crippen LogP contribution in [0.2, 0.25) is 0 Å². The molecule has 1 N–H and O–H groups in total. The number of imide groups is 1. The van der Waals surface area contributed by atoms with Gasteiger partial charge in [0, 0.05) is 18.4 Å². The maximum atomic E-state index is 11.8. The van der Waals surface area contributed by atoms with E-state index in [1.807, 2.05) is 13.0 Å². The molecule has 0 aliphatic carbocycles. The van der Waals surface area contributed by atoms with Gasteiger partial charge in [-0.25, -0.2) is 0 Å². The van der Waals surface area contributed by atoms with Crippen LogP contribution in [0.3, 0.4) is 0 Å². The Morgan fingerprint density at radius 2 is 1.95 bits per heavy atom. The molecule has 0 saturated carbocycles. The second-order valence-electron chi connectivity index (χ2n) is 4.28. The van der Waals surface area contributed by atoms with Gasteiger partial charge in [-0.3, -0.25) is 14.5 Å². The molecule has 0 atom stereocenters. The zero-order valence-corrected chi connectivity index (χ0v) is 10.8. The minimum Gasteiger partial charge on any atom is -0.384 e. The van der Waals surface area contributed by atoms with Crippen LogP contribution in [0.1, 0.15) is 30.9 Å². The van der Waals surface area contributed by atoms with Crippen molar-refractivity contribution in [2.75, 3.05) is 11.5 Å². The quantitative estimate of drug-likeness (QED) is 0.640. The molecule has 0 bridgehead atoms. The first-order valence-corrected chi connectivity index (χ1v) is 6.25. The lowest BCUT2D eigenvalue weighted by Gasteiger charge is -2.17. The van der Waals surface area contributed by atoms with Crippen molar-refractivity contribution in [2.45, 2.75) is 26.2 Å². The first-order chi connectivity index (χ1) is 9.17. The van der Waals surface area contributed by atoms with Crippen molar-refractivity contribution in [1.82, 2.24) is 0 Å². The smallest absolute Gasteiger partial charge is 0.234 e. The predicted octanol–water partition coefficient (Wildman–Crippen LogP) is 1.25. The van der Waals surface area contributed by atoms with E-state index < -0.39 is 0 Å². The molecule has 1 saturated heterocycles. The van der Waals surface area contributed by atoms with E-state index in [9.17, 15) is 9.59 Å². The molecule has 0 unspecified atom stereocenters. The molecule has 98 valence electrons. The number of benzene rings is 1. The highest BCUT2D eigenvalue weighted by Crippen LogP contribution is 2.27. The summed E-state index contributed by atoms with van der Waals surface area (Å²) in [6.45, 7) is 1.78. The number of hydrogen-bond donors (Lipinski definition) is 1. The second-order valence-corrected chi connectivity index (χ2v) is 4.28. The van der Waals surface area contributed by atoms with Crippen LogP contribution < -0.4 is 4.90 Å². The zero-order valence-electron chi connectivity index (χ0n) is 10.8. The molecule has 1 aliphatic rings. The summed E-state index contributed by atoms with van der Waals surface area (Å²) in [7, 11) is 0.